The molecular weight excluding hydrogens is 452 g/mol. The van der Waals surface area contributed by atoms with Crippen LogP contribution in [0.4, 0.5) is 11.4 Å². The minimum Gasteiger partial charge on any atom is -0.495 e. The zero-order valence-electron chi connectivity index (χ0n) is 17.6. The molecular formula is C23H23ClN2O5S. The third-order valence-electron chi connectivity index (χ3n) is 4.58. The summed E-state index contributed by atoms with van der Waals surface area (Å²) in [5.74, 6) is 0.509. The van der Waals surface area contributed by atoms with Gasteiger partial charge in [-0.2, -0.15) is 0 Å². The molecule has 9 heteroatoms. The van der Waals surface area contributed by atoms with Crippen LogP contribution in [0.25, 0.3) is 0 Å². The molecule has 168 valence electrons. The molecule has 1 amide bonds. The maximum Gasteiger partial charge on any atom is 0.262 e. The van der Waals surface area contributed by atoms with Crippen molar-refractivity contribution in [1.82, 2.24) is 0 Å². The summed E-state index contributed by atoms with van der Waals surface area (Å²) in [5, 5.41) is 3.11. The lowest BCUT2D eigenvalue weighted by Crippen LogP contribution is -2.21. The van der Waals surface area contributed by atoms with E-state index in [-0.39, 0.29) is 22.4 Å². The highest BCUT2D eigenvalue weighted by Crippen LogP contribution is 2.28. The first kappa shape index (κ1) is 23.4. The Balaban J connectivity index is 1.60. The molecule has 0 heterocycles. The Morgan fingerprint density at radius 1 is 1.03 bits per heavy atom. The van der Waals surface area contributed by atoms with Gasteiger partial charge in [-0.1, -0.05) is 36.7 Å². The number of ether oxygens (including phenoxy) is 2. The second-order valence-electron chi connectivity index (χ2n) is 6.77. The van der Waals surface area contributed by atoms with Crippen LogP contribution in [-0.4, -0.2) is 28.0 Å². The van der Waals surface area contributed by atoms with Crippen LogP contribution in [0.2, 0.25) is 5.02 Å². The van der Waals surface area contributed by atoms with Gasteiger partial charge in [0.15, 0.2) is 6.61 Å². The summed E-state index contributed by atoms with van der Waals surface area (Å²) in [7, 11) is -2.36. The van der Waals surface area contributed by atoms with Crippen molar-refractivity contribution in [2.75, 3.05) is 23.8 Å². The molecule has 2 N–H and O–H groups in total. The average Bonchev–Trinajstić information content (AvgIpc) is 2.78. The van der Waals surface area contributed by atoms with Crippen molar-refractivity contribution in [3.8, 4) is 11.5 Å². The number of para-hydroxylation sites is 1. The number of sulfonamides is 1. The Hall–Kier alpha value is -3.23. The van der Waals surface area contributed by atoms with Gasteiger partial charge in [0, 0.05) is 5.69 Å². The number of hydrogen-bond acceptors (Lipinski definition) is 5. The minimum absolute atomic E-state index is 0.0399. The van der Waals surface area contributed by atoms with Crippen LogP contribution in [0.5, 0.6) is 11.5 Å². The molecule has 7 nitrogen and oxygen atoms in total. The van der Waals surface area contributed by atoms with Gasteiger partial charge >= 0.3 is 0 Å². The van der Waals surface area contributed by atoms with Crippen LogP contribution in [0.1, 0.15) is 12.5 Å². The van der Waals surface area contributed by atoms with Gasteiger partial charge in [0.1, 0.15) is 11.5 Å². The fourth-order valence-electron chi connectivity index (χ4n) is 2.94. The number of benzene rings is 3. The molecule has 0 spiro atoms. The molecule has 0 saturated heterocycles. The summed E-state index contributed by atoms with van der Waals surface area (Å²) in [6.45, 7) is 1.81. The molecule has 32 heavy (non-hydrogen) atoms. The van der Waals surface area contributed by atoms with E-state index < -0.39 is 10.0 Å². The molecule has 0 bridgehead atoms. The van der Waals surface area contributed by atoms with Crippen molar-refractivity contribution in [2.45, 2.75) is 18.2 Å². The van der Waals surface area contributed by atoms with E-state index >= 15 is 0 Å². The number of anilines is 2. The predicted molar refractivity (Wildman–Crippen MR) is 125 cm³/mol. The number of aryl methyl sites for hydroxylation is 1. The first-order valence-corrected chi connectivity index (χ1v) is 11.7. The van der Waals surface area contributed by atoms with Crippen LogP contribution >= 0.6 is 11.6 Å². The maximum atomic E-state index is 12.6. The fraction of sp³-hybridized carbons (Fsp3) is 0.174. The number of halogens is 1. The summed E-state index contributed by atoms with van der Waals surface area (Å²) < 4.78 is 38.2. The lowest BCUT2D eigenvalue weighted by Gasteiger charge is -2.12. The van der Waals surface area contributed by atoms with Gasteiger partial charge in [-0.15, -0.1) is 0 Å². The molecule has 0 aromatic heterocycles. The summed E-state index contributed by atoms with van der Waals surface area (Å²) in [6.07, 6.45) is 0.796. The van der Waals surface area contributed by atoms with Crippen molar-refractivity contribution >= 4 is 38.9 Å². The Morgan fingerprint density at radius 3 is 2.41 bits per heavy atom. The van der Waals surface area contributed by atoms with Crippen LogP contribution in [0.15, 0.2) is 71.6 Å². The molecule has 0 fully saturated rings. The van der Waals surface area contributed by atoms with Crippen molar-refractivity contribution in [2.24, 2.45) is 0 Å². The van der Waals surface area contributed by atoms with Crippen LogP contribution in [-0.2, 0) is 21.2 Å². The molecule has 0 atom stereocenters. The zero-order valence-corrected chi connectivity index (χ0v) is 19.2. The molecule has 0 aliphatic rings. The number of hydrogen-bond donors (Lipinski definition) is 2. The lowest BCUT2D eigenvalue weighted by atomic mass is 10.1. The smallest absolute Gasteiger partial charge is 0.262 e. The highest BCUT2D eigenvalue weighted by Gasteiger charge is 2.15. The predicted octanol–water partition coefficient (Wildman–Crippen LogP) is 4.73. The topological polar surface area (TPSA) is 93.7 Å². The number of methoxy groups -OCH3 is 1. The second kappa shape index (κ2) is 10.4. The van der Waals surface area contributed by atoms with E-state index in [0.717, 1.165) is 17.7 Å². The normalized spacial score (nSPS) is 11.0. The Labute approximate surface area is 192 Å². The standard InChI is InChI=1S/C23H23ClN2O5S/c1-3-16-6-4-5-7-21(16)25-23(27)15-31-18-9-11-19(12-10-18)32(28,29)26-17-8-13-22(30-2)20(24)14-17/h4-14,26H,3,15H2,1-2H3,(H,25,27). The third kappa shape index (κ3) is 5.93. The monoisotopic (exact) mass is 474 g/mol. The van der Waals surface area contributed by atoms with Gasteiger partial charge in [0.2, 0.25) is 0 Å². The minimum atomic E-state index is -3.83. The average molecular weight is 475 g/mol. The summed E-state index contributed by atoms with van der Waals surface area (Å²) in [5.41, 5.74) is 2.08. The highest BCUT2D eigenvalue weighted by molar-refractivity contribution is 7.92. The van der Waals surface area contributed by atoms with Gasteiger partial charge < -0.3 is 14.8 Å². The van der Waals surface area contributed by atoms with Gasteiger partial charge in [-0.3, -0.25) is 9.52 Å². The van der Waals surface area contributed by atoms with Gasteiger partial charge in [-0.05, 0) is 60.5 Å². The van der Waals surface area contributed by atoms with E-state index in [4.69, 9.17) is 21.1 Å². The molecule has 0 saturated carbocycles. The van der Waals surface area contributed by atoms with Crippen LogP contribution in [0.3, 0.4) is 0 Å². The number of carbonyl (C=O) groups is 1. The molecule has 3 rings (SSSR count). The van der Waals surface area contributed by atoms with Gasteiger partial charge in [0.25, 0.3) is 15.9 Å². The zero-order chi connectivity index (χ0) is 23.1. The SMILES string of the molecule is CCc1ccccc1NC(=O)COc1ccc(S(=O)(=O)Nc2ccc(OC)c(Cl)c2)cc1. The molecule has 0 aliphatic heterocycles. The Bertz CT molecular complexity index is 1200. The van der Waals surface area contributed by atoms with Crippen LogP contribution in [0, 0.1) is 0 Å². The quantitative estimate of drug-likeness (QED) is 0.467. The number of nitrogens with one attached hydrogen (secondary N) is 2. The summed E-state index contributed by atoms with van der Waals surface area (Å²) in [4.78, 5) is 12.2. The van der Waals surface area contributed by atoms with E-state index in [2.05, 4.69) is 10.0 Å². The third-order valence-corrected chi connectivity index (χ3v) is 6.27. The van der Waals surface area contributed by atoms with E-state index in [1.807, 2.05) is 31.2 Å². The van der Waals surface area contributed by atoms with E-state index in [1.54, 1.807) is 12.1 Å². The number of rotatable bonds is 9. The molecule has 3 aromatic rings. The highest BCUT2D eigenvalue weighted by atomic mass is 35.5. The van der Waals surface area contributed by atoms with Crippen molar-refractivity contribution in [1.29, 1.82) is 0 Å². The van der Waals surface area contributed by atoms with E-state index in [9.17, 15) is 13.2 Å². The van der Waals surface area contributed by atoms with Crippen molar-refractivity contribution in [3.63, 3.8) is 0 Å². The van der Waals surface area contributed by atoms with Crippen LogP contribution < -0.4 is 19.5 Å². The second-order valence-corrected chi connectivity index (χ2v) is 8.86. The largest absolute Gasteiger partial charge is 0.495 e. The summed E-state index contributed by atoms with van der Waals surface area (Å²) in [6, 6.07) is 17.9. The lowest BCUT2D eigenvalue weighted by molar-refractivity contribution is -0.118. The maximum absolute atomic E-state index is 12.6. The Kier molecular flexibility index (Phi) is 7.61. The first-order chi connectivity index (χ1) is 15.3. The van der Waals surface area contributed by atoms with Gasteiger partial charge in [-0.25, -0.2) is 8.42 Å². The molecule has 0 unspecified atom stereocenters. The molecule has 3 aromatic carbocycles. The van der Waals surface area contributed by atoms with Crippen molar-refractivity contribution in [3.05, 3.63) is 77.3 Å². The molecule has 0 aliphatic carbocycles. The summed E-state index contributed by atoms with van der Waals surface area (Å²) >= 11 is 6.04. The fourth-order valence-corrected chi connectivity index (χ4v) is 4.25. The first-order valence-electron chi connectivity index (χ1n) is 9.79. The Morgan fingerprint density at radius 2 is 1.75 bits per heavy atom. The van der Waals surface area contributed by atoms with Crippen molar-refractivity contribution < 1.29 is 22.7 Å². The number of amides is 1. The number of carbonyl (C=O) groups excluding carboxylic acids is 1. The van der Waals surface area contributed by atoms with Gasteiger partial charge in [0.05, 0.1) is 22.7 Å². The van der Waals surface area contributed by atoms with E-state index in [1.165, 1.54) is 37.4 Å². The van der Waals surface area contributed by atoms with E-state index in [0.29, 0.717) is 17.2 Å². The molecule has 0 radical (unpaired) electrons.